The summed E-state index contributed by atoms with van der Waals surface area (Å²) in [5.41, 5.74) is 2.14. The summed E-state index contributed by atoms with van der Waals surface area (Å²) in [6.45, 7) is 3.87. The van der Waals surface area contributed by atoms with Crippen LogP contribution in [0, 0.1) is 18.3 Å². The summed E-state index contributed by atoms with van der Waals surface area (Å²) in [5, 5.41) is 9.57. The van der Waals surface area contributed by atoms with Crippen LogP contribution in [0.4, 0.5) is 5.82 Å². The zero-order valence-electron chi connectivity index (χ0n) is 17.4. The number of hydrogen-bond acceptors (Lipinski definition) is 6. The normalized spacial score (nSPS) is 17.6. The molecule has 8 heteroatoms. The number of nitrogens with zero attached hydrogens (tertiary/aromatic N) is 4. The lowest BCUT2D eigenvalue weighted by molar-refractivity contribution is -0.122. The highest BCUT2D eigenvalue weighted by Crippen LogP contribution is 2.36. The summed E-state index contributed by atoms with van der Waals surface area (Å²) in [5.74, 6) is 0.602. The lowest BCUT2D eigenvalue weighted by Gasteiger charge is -2.25. The van der Waals surface area contributed by atoms with Gasteiger partial charge in [-0.2, -0.15) is 5.26 Å². The molecule has 158 valence electrons. The van der Waals surface area contributed by atoms with Crippen LogP contribution in [0.25, 0.3) is 6.08 Å². The van der Waals surface area contributed by atoms with Crippen molar-refractivity contribution < 1.29 is 4.79 Å². The lowest BCUT2D eigenvalue weighted by Crippen LogP contribution is -2.31. The number of thiocarbonyl (C=S) groups is 1. The smallest absolute Gasteiger partial charge is 0.270 e. The zero-order chi connectivity index (χ0) is 22.1. The molecule has 0 saturated carbocycles. The van der Waals surface area contributed by atoms with Crippen molar-refractivity contribution in [2.45, 2.75) is 26.3 Å². The molecular weight excluding hydrogens is 428 g/mol. The van der Waals surface area contributed by atoms with Crippen LogP contribution in [0.2, 0.25) is 0 Å². The van der Waals surface area contributed by atoms with Gasteiger partial charge in [-0.3, -0.25) is 19.1 Å². The Morgan fingerprint density at radius 2 is 1.87 bits per heavy atom. The molecule has 2 fully saturated rings. The number of nitriles is 1. The first-order valence-electron chi connectivity index (χ1n) is 10.1. The molecule has 2 saturated heterocycles. The van der Waals surface area contributed by atoms with E-state index in [-0.39, 0.29) is 17.0 Å². The Bertz CT molecular complexity index is 1190. The highest BCUT2D eigenvalue weighted by molar-refractivity contribution is 8.26. The zero-order valence-corrected chi connectivity index (χ0v) is 19.1. The number of carbonyl (C=O) groups is 1. The number of benzene rings is 1. The van der Waals surface area contributed by atoms with Gasteiger partial charge in [-0.05, 0) is 37.0 Å². The minimum Gasteiger partial charge on any atom is -0.357 e. The number of amides is 1. The molecule has 1 amide bonds. The predicted molar refractivity (Wildman–Crippen MR) is 128 cm³/mol. The third-order valence-corrected chi connectivity index (χ3v) is 7.08. The molecule has 0 unspecified atom stereocenters. The third-order valence-electron chi connectivity index (χ3n) is 5.71. The van der Waals surface area contributed by atoms with E-state index in [0.717, 1.165) is 42.9 Å². The second-order valence-corrected chi connectivity index (χ2v) is 9.34. The van der Waals surface area contributed by atoms with E-state index in [4.69, 9.17) is 12.2 Å². The van der Waals surface area contributed by atoms with Crippen LogP contribution in [-0.2, 0) is 18.4 Å². The van der Waals surface area contributed by atoms with Crippen molar-refractivity contribution in [3.05, 3.63) is 67.8 Å². The van der Waals surface area contributed by atoms with Crippen LogP contribution < -0.4 is 10.5 Å². The SMILES string of the molecule is Cc1c(/C=C2\SC(=S)N(Cc3ccccc3)C2=O)c(N2CCCC2)n(C)c(=O)c1C#N. The topological polar surface area (TPSA) is 69.3 Å². The Balaban J connectivity index is 1.78. The number of thioether (sulfide) groups is 1. The highest BCUT2D eigenvalue weighted by Gasteiger charge is 2.33. The monoisotopic (exact) mass is 450 g/mol. The van der Waals surface area contributed by atoms with Crippen LogP contribution in [0.15, 0.2) is 40.0 Å². The first kappa shape index (κ1) is 21.3. The summed E-state index contributed by atoms with van der Waals surface area (Å²) in [7, 11) is 1.69. The standard InChI is InChI=1S/C23H22N4O2S2/c1-15-17(20(26-10-6-7-11-26)25(2)21(28)18(15)13-24)12-19-22(29)27(23(30)31-19)14-16-8-4-3-5-9-16/h3-5,8-9,12H,6-7,10-11,14H2,1-2H3/b19-12-. The molecule has 0 aliphatic carbocycles. The van der Waals surface area contributed by atoms with Gasteiger partial charge in [-0.1, -0.05) is 54.3 Å². The van der Waals surface area contributed by atoms with Gasteiger partial charge in [-0.25, -0.2) is 0 Å². The van der Waals surface area contributed by atoms with Crippen molar-refractivity contribution in [1.82, 2.24) is 9.47 Å². The maximum absolute atomic E-state index is 13.2. The fraction of sp³-hybridized carbons (Fsp3) is 0.304. The second-order valence-electron chi connectivity index (χ2n) is 7.66. The maximum atomic E-state index is 13.2. The number of hydrogen-bond donors (Lipinski definition) is 0. The van der Waals surface area contributed by atoms with Gasteiger partial charge in [0.1, 0.15) is 21.8 Å². The van der Waals surface area contributed by atoms with E-state index in [2.05, 4.69) is 4.90 Å². The summed E-state index contributed by atoms with van der Waals surface area (Å²) in [6, 6.07) is 11.8. The number of carbonyl (C=O) groups excluding carboxylic acids is 1. The summed E-state index contributed by atoms with van der Waals surface area (Å²) in [6.07, 6.45) is 3.89. The molecule has 2 aliphatic heterocycles. The molecule has 0 spiro atoms. The van der Waals surface area contributed by atoms with Gasteiger partial charge in [0, 0.05) is 25.7 Å². The Hall–Kier alpha value is -2.89. The van der Waals surface area contributed by atoms with Crippen molar-refractivity contribution in [2.75, 3.05) is 18.0 Å². The molecule has 2 aromatic rings. The highest BCUT2D eigenvalue weighted by atomic mass is 32.2. The molecule has 4 rings (SSSR count). The van der Waals surface area contributed by atoms with E-state index in [1.165, 1.54) is 16.3 Å². The molecule has 1 aromatic heterocycles. The van der Waals surface area contributed by atoms with E-state index < -0.39 is 0 Å². The van der Waals surface area contributed by atoms with Crippen molar-refractivity contribution in [2.24, 2.45) is 7.05 Å². The minimum absolute atomic E-state index is 0.108. The van der Waals surface area contributed by atoms with Gasteiger partial charge in [0.2, 0.25) is 0 Å². The minimum atomic E-state index is -0.310. The molecule has 2 aliphatic rings. The van der Waals surface area contributed by atoms with Gasteiger partial charge in [0.05, 0.1) is 11.4 Å². The molecule has 6 nitrogen and oxygen atoms in total. The Morgan fingerprint density at radius 1 is 1.19 bits per heavy atom. The van der Waals surface area contributed by atoms with Crippen LogP contribution >= 0.6 is 24.0 Å². The number of anilines is 1. The van der Waals surface area contributed by atoms with E-state index in [0.29, 0.717) is 21.3 Å². The molecular formula is C23H22N4O2S2. The second kappa shape index (κ2) is 8.69. The quantitative estimate of drug-likeness (QED) is 0.524. The molecule has 0 atom stereocenters. The predicted octanol–water partition coefficient (Wildman–Crippen LogP) is 3.57. The molecule has 0 bridgehead atoms. The largest absolute Gasteiger partial charge is 0.357 e. The number of rotatable bonds is 4. The summed E-state index contributed by atoms with van der Waals surface area (Å²) >= 11 is 6.75. The van der Waals surface area contributed by atoms with Crippen molar-refractivity contribution in [3.8, 4) is 6.07 Å². The fourth-order valence-electron chi connectivity index (χ4n) is 4.06. The van der Waals surface area contributed by atoms with Crippen molar-refractivity contribution >= 4 is 46.1 Å². The van der Waals surface area contributed by atoms with Gasteiger partial charge in [0.25, 0.3) is 11.5 Å². The van der Waals surface area contributed by atoms with Crippen LogP contribution in [0.1, 0.15) is 35.1 Å². The van der Waals surface area contributed by atoms with Gasteiger partial charge in [0.15, 0.2) is 0 Å². The fourth-order valence-corrected chi connectivity index (χ4v) is 5.29. The first-order valence-corrected chi connectivity index (χ1v) is 11.3. The van der Waals surface area contributed by atoms with Crippen molar-refractivity contribution in [1.29, 1.82) is 5.26 Å². The van der Waals surface area contributed by atoms with Crippen LogP contribution in [-0.4, -0.2) is 32.8 Å². The Morgan fingerprint density at radius 3 is 2.52 bits per heavy atom. The molecule has 0 radical (unpaired) electrons. The Labute approximate surface area is 190 Å². The van der Waals surface area contributed by atoms with Gasteiger partial charge < -0.3 is 4.90 Å². The average molecular weight is 451 g/mol. The van der Waals surface area contributed by atoms with Crippen LogP contribution in [0.5, 0.6) is 0 Å². The number of pyridine rings is 1. The summed E-state index contributed by atoms with van der Waals surface area (Å²) in [4.78, 5) is 30.2. The van der Waals surface area contributed by atoms with Crippen LogP contribution in [0.3, 0.4) is 0 Å². The molecule has 1 aromatic carbocycles. The number of aromatic nitrogens is 1. The van der Waals surface area contributed by atoms with E-state index >= 15 is 0 Å². The van der Waals surface area contributed by atoms with E-state index in [9.17, 15) is 14.9 Å². The molecule has 3 heterocycles. The molecule has 0 N–H and O–H groups in total. The van der Waals surface area contributed by atoms with E-state index in [1.54, 1.807) is 24.9 Å². The molecule has 31 heavy (non-hydrogen) atoms. The maximum Gasteiger partial charge on any atom is 0.270 e. The first-order chi connectivity index (χ1) is 14.9. The lowest BCUT2D eigenvalue weighted by atomic mass is 10.0. The van der Waals surface area contributed by atoms with E-state index in [1.807, 2.05) is 36.4 Å². The third kappa shape index (κ3) is 3.91. The van der Waals surface area contributed by atoms with Gasteiger partial charge >= 0.3 is 0 Å². The summed E-state index contributed by atoms with van der Waals surface area (Å²) < 4.78 is 2.04. The average Bonchev–Trinajstić information content (AvgIpc) is 3.38. The Kier molecular flexibility index (Phi) is 5.99. The van der Waals surface area contributed by atoms with Gasteiger partial charge in [-0.15, -0.1) is 0 Å². The van der Waals surface area contributed by atoms with Crippen molar-refractivity contribution in [3.63, 3.8) is 0 Å².